The molecule has 0 fully saturated rings. The fourth-order valence-electron chi connectivity index (χ4n) is 1.11. The van der Waals surface area contributed by atoms with Gasteiger partial charge in [0.1, 0.15) is 11.3 Å². The molecule has 18 heavy (non-hydrogen) atoms. The van der Waals surface area contributed by atoms with E-state index in [1.54, 1.807) is 6.20 Å². The second-order valence-corrected chi connectivity index (χ2v) is 4.88. The Hall–Kier alpha value is -2.02. The van der Waals surface area contributed by atoms with Crippen LogP contribution in [0.25, 0.3) is 0 Å². The summed E-state index contributed by atoms with van der Waals surface area (Å²) in [6.07, 6.45) is 1.29. The van der Waals surface area contributed by atoms with Crippen molar-refractivity contribution >= 4 is 6.09 Å². The zero-order valence-corrected chi connectivity index (χ0v) is 11.2. The van der Waals surface area contributed by atoms with E-state index in [1.165, 1.54) is 0 Å². The number of rotatable bonds is 1. The van der Waals surface area contributed by atoms with Gasteiger partial charge in [-0.25, -0.2) is 9.78 Å². The average molecular weight is 246 g/mol. The zero-order valence-electron chi connectivity index (χ0n) is 11.2. The second kappa shape index (κ2) is 6.06. The highest BCUT2D eigenvalue weighted by Gasteiger charge is 2.14. The number of nitrogens with one attached hydrogen (secondary N) is 1. The minimum absolute atomic E-state index is 0.241. The van der Waals surface area contributed by atoms with Crippen LogP contribution in [0.1, 0.15) is 32.0 Å². The molecule has 1 aromatic heterocycles. The van der Waals surface area contributed by atoms with Gasteiger partial charge in [-0.2, -0.15) is 0 Å². The molecule has 0 saturated heterocycles. The smallest absolute Gasteiger partial charge is 0.408 e. The van der Waals surface area contributed by atoms with Gasteiger partial charge in [0, 0.05) is 6.20 Å². The number of ether oxygens (including phenoxy) is 1. The first-order valence-corrected chi connectivity index (χ1v) is 5.75. The molecule has 0 atom stereocenters. The van der Waals surface area contributed by atoms with Crippen LogP contribution in [-0.2, 0) is 4.74 Å². The van der Waals surface area contributed by atoms with Crippen molar-refractivity contribution in [3.05, 3.63) is 29.6 Å². The van der Waals surface area contributed by atoms with Crippen LogP contribution >= 0.6 is 0 Å². The lowest BCUT2D eigenvalue weighted by molar-refractivity contribution is 0.0535. The van der Waals surface area contributed by atoms with Gasteiger partial charge in [0.05, 0.1) is 6.54 Å². The number of aryl methyl sites for hydroxylation is 1. The summed E-state index contributed by atoms with van der Waals surface area (Å²) in [4.78, 5) is 15.4. The lowest BCUT2D eigenvalue weighted by Gasteiger charge is -2.18. The Kier molecular flexibility index (Phi) is 4.73. The molecule has 0 aromatic carbocycles. The summed E-state index contributed by atoms with van der Waals surface area (Å²) in [5, 5.41) is 2.56. The summed E-state index contributed by atoms with van der Waals surface area (Å²) in [5.41, 5.74) is 1.29. The monoisotopic (exact) mass is 246 g/mol. The van der Waals surface area contributed by atoms with Crippen LogP contribution in [0.5, 0.6) is 0 Å². The van der Waals surface area contributed by atoms with Crippen LogP contribution in [0.15, 0.2) is 18.3 Å². The van der Waals surface area contributed by atoms with Gasteiger partial charge >= 0.3 is 6.09 Å². The van der Waals surface area contributed by atoms with Crippen LogP contribution < -0.4 is 5.32 Å². The van der Waals surface area contributed by atoms with Crippen molar-refractivity contribution in [1.82, 2.24) is 10.3 Å². The van der Waals surface area contributed by atoms with Gasteiger partial charge in [0.25, 0.3) is 0 Å². The van der Waals surface area contributed by atoms with E-state index >= 15 is 0 Å². The molecule has 1 aromatic rings. The molecule has 0 aliphatic rings. The molecule has 4 heteroatoms. The molecule has 0 saturated carbocycles. The molecule has 1 amide bonds. The lowest BCUT2D eigenvalue weighted by atomic mass is 10.2. The zero-order chi connectivity index (χ0) is 13.6. The molecule has 0 unspecified atom stereocenters. The van der Waals surface area contributed by atoms with E-state index in [9.17, 15) is 4.79 Å². The van der Waals surface area contributed by atoms with Gasteiger partial charge in [-0.15, -0.1) is 0 Å². The number of carbonyl (C=O) groups excluding carboxylic acids is 1. The molecule has 0 aliphatic heterocycles. The van der Waals surface area contributed by atoms with E-state index in [4.69, 9.17) is 4.74 Å². The highest BCUT2D eigenvalue weighted by molar-refractivity contribution is 5.68. The Morgan fingerprint density at radius 3 is 2.72 bits per heavy atom. The summed E-state index contributed by atoms with van der Waals surface area (Å²) in [7, 11) is 0. The highest BCUT2D eigenvalue weighted by atomic mass is 16.6. The standard InChI is InChI=1S/C14H18N2O2/c1-11-7-8-12(16-10-11)6-5-9-15-13(17)18-14(2,3)4/h7-8,10H,9H2,1-4H3,(H,15,17). The summed E-state index contributed by atoms with van der Waals surface area (Å²) in [6.45, 7) is 7.65. The first-order chi connectivity index (χ1) is 8.37. The first-order valence-electron chi connectivity index (χ1n) is 5.75. The Labute approximate surface area is 108 Å². The Balaban J connectivity index is 2.38. The predicted octanol–water partition coefficient (Wildman–Crippen LogP) is 2.27. The summed E-state index contributed by atoms with van der Waals surface area (Å²) >= 11 is 0. The van der Waals surface area contributed by atoms with Gasteiger partial charge in [0.2, 0.25) is 0 Å². The number of hydrogen-bond donors (Lipinski definition) is 1. The van der Waals surface area contributed by atoms with Gasteiger partial charge in [0.15, 0.2) is 0 Å². The number of nitrogens with zero attached hydrogens (tertiary/aromatic N) is 1. The minimum atomic E-state index is -0.490. The SMILES string of the molecule is Cc1ccc(C#CCNC(=O)OC(C)(C)C)nc1. The van der Waals surface area contributed by atoms with Crippen LogP contribution in [0.3, 0.4) is 0 Å². The highest BCUT2D eigenvalue weighted by Crippen LogP contribution is 2.05. The number of carbonyl (C=O) groups is 1. The molecule has 1 heterocycles. The first kappa shape index (κ1) is 14.0. The molecule has 0 radical (unpaired) electrons. The van der Waals surface area contributed by atoms with Crippen LogP contribution in [0.4, 0.5) is 4.79 Å². The van der Waals surface area contributed by atoms with Crippen molar-refractivity contribution in [3.8, 4) is 11.8 Å². The van der Waals surface area contributed by atoms with E-state index in [0.717, 1.165) is 5.56 Å². The third-order valence-electron chi connectivity index (χ3n) is 1.85. The van der Waals surface area contributed by atoms with E-state index in [-0.39, 0.29) is 6.54 Å². The summed E-state index contributed by atoms with van der Waals surface area (Å²) in [5.74, 6) is 5.67. The molecule has 1 rings (SSSR count). The molecular formula is C14H18N2O2. The molecule has 4 nitrogen and oxygen atoms in total. The van der Waals surface area contributed by atoms with Crippen molar-refractivity contribution < 1.29 is 9.53 Å². The lowest BCUT2D eigenvalue weighted by Crippen LogP contribution is -2.32. The Bertz CT molecular complexity index is 461. The Morgan fingerprint density at radius 1 is 1.44 bits per heavy atom. The summed E-state index contributed by atoms with van der Waals surface area (Å²) < 4.78 is 5.07. The topological polar surface area (TPSA) is 51.2 Å². The molecular weight excluding hydrogens is 228 g/mol. The number of alkyl carbamates (subject to hydrolysis) is 1. The quantitative estimate of drug-likeness (QED) is 0.773. The fourth-order valence-corrected chi connectivity index (χ4v) is 1.11. The molecule has 1 N–H and O–H groups in total. The van der Waals surface area contributed by atoms with E-state index in [1.807, 2.05) is 39.8 Å². The van der Waals surface area contributed by atoms with Gasteiger partial charge in [-0.1, -0.05) is 12.0 Å². The van der Waals surface area contributed by atoms with Crippen LogP contribution in [-0.4, -0.2) is 23.2 Å². The van der Waals surface area contributed by atoms with Crippen LogP contribution in [0.2, 0.25) is 0 Å². The van der Waals surface area contributed by atoms with Gasteiger partial charge < -0.3 is 10.1 Å². The summed E-state index contributed by atoms with van der Waals surface area (Å²) in [6, 6.07) is 3.79. The molecule has 0 spiro atoms. The van der Waals surface area contributed by atoms with Gasteiger partial charge in [-0.3, -0.25) is 0 Å². The van der Waals surface area contributed by atoms with Crippen molar-refractivity contribution in [2.75, 3.05) is 6.54 Å². The number of amides is 1. The fraction of sp³-hybridized carbons (Fsp3) is 0.429. The van der Waals surface area contributed by atoms with E-state index in [0.29, 0.717) is 5.69 Å². The largest absolute Gasteiger partial charge is 0.444 e. The van der Waals surface area contributed by atoms with E-state index < -0.39 is 11.7 Å². The van der Waals surface area contributed by atoms with E-state index in [2.05, 4.69) is 22.1 Å². The number of pyridine rings is 1. The average Bonchev–Trinajstić information content (AvgIpc) is 2.24. The second-order valence-electron chi connectivity index (χ2n) is 4.88. The number of aromatic nitrogens is 1. The van der Waals surface area contributed by atoms with Gasteiger partial charge in [-0.05, 0) is 45.2 Å². The van der Waals surface area contributed by atoms with Crippen molar-refractivity contribution in [2.45, 2.75) is 33.3 Å². The molecule has 0 bridgehead atoms. The third kappa shape index (κ3) is 5.90. The maximum absolute atomic E-state index is 11.3. The maximum Gasteiger partial charge on any atom is 0.408 e. The normalized spacial score (nSPS) is 10.2. The van der Waals surface area contributed by atoms with Crippen LogP contribution in [0, 0.1) is 18.8 Å². The number of hydrogen-bond acceptors (Lipinski definition) is 3. The third-order valence-corrected chi connectivity index (χ3v) is 1.85. The Morgan fingerprint density at radius 2 is 2.17 bits per heavy atom. The molecule has 96 valence electrons. The predicted molar refractivity (Wildman–Crippen MR) is 70.1 cm³/mol. The van der Waals surface area contributed by atoms with Crippen molar-refractivity contribution in [3.63, 3.8) is 0 Å². The maximum atomic E-state index is 11.3. The van der Waals surface area contributed by atoms with Crippen molar-refractivity contribution in [1.29, 1.82) is 0 Å². The molecule has 0 aliphatic carbocycles. The van der Waals surface area contributed by atoms with Crippen molar-refractivity contribution in [2.24, 2.45) is 0 Å². The minimum Gasteiger partial charge on any atom is -0.444 e.